The van der Waals surface area contributed by atoms with Crippen LogP contribution in [-0.2, 0) is 18.3 Å². The Morgan fingerprint density at radius 3 is 2.96 bits per heavy atom. The second-order valence-electron chi connectivity index (χ2n) is 7.62. The molecule has 0 spiro atoms. The summed E-state index contributed by atoms with van der Waals surface area (Å²) in [5, 5.41) is 29.0. The van der Waals surface area contributed by atoms with Crippen LogP contribution in [0.15, 0.2) is 12.3 Å². The number of aromatic nitrogens is 5. The van der Waals surface area contributed by atoms with E-state index in [9.17, 15) is 9.59 Å². The quantitative estimate of drug-likeness (QED) is 0.545. The Labute approximate surface area is 163 Å². The van der Waals surface area contributed by atoms with Crippen LogP contribution in [0.2, 0.25) is 0 Å². The van der Waals surface area contributed by atoms with Crippen LogP contribution >= 0.6 is 0 Å². The van der Waals surface area contributed by atoms with Crippen molar-refractivity contribution >= 4 is 17.8 Å². The first kappa shape index (κ1) is 19.8. The summed E-state index contributed by atoms with van der Waals surface area (Å²) >= 11 is 0. The molecule has 2 heterocycles. The van der Waals surface area contributed by atoms with E-state index in [0.717, 1.165) is 37.8 Å². The highest BCUT2D eigenvalue weighted by molar-refractivity contribution is 5.91. The molecule has 1 fully saturated rings. The molecule has 10 heteroatoms. The highest BCUT2D eigenvalue weighted by Crippen LogP contribution is 2.40. The number of aromatic amines is 1. The van der Waals surface area contributed by atoms with E-state index < -0.39 is 6.09 Å². The van der Waals surface area contributed by atoms with Gasteiger partial charge in [-0.1, -0.05) is 5.21 Å². The fourth-order valence-electron chi connectivity index (χ4n) is 3.83. The van der Waals surface area contributed by atoms with E-state index in [0.29, 0.717) is 23.3 Å². The summed E-state index contributed by atoms with van der Waals surface area (Å²) in [7, 11) is 1.76. The molecule has 2 aromatic heterocycles. The van der Waals surface area contributed by atoms with Crippen molar-refractivity contribution in [3.05, 3.63) is 23.7 Å². The molecule has 10 nitrogen and oxygen atoms in total. The molecule has 0 aromatic carbocycles. The third kappa shape index (κ3) is 5.54. The zero-order valence-electron chi connectivity index (χ0n) is 16.2. The number of amides is 2. The highest BCUT2D eigenvalue weighted by atomic mass is 16.4. The second kappa shape index (κ2) is 8.85. The molecular weight excluding hydrogens is 362 g/mol. The third-order valence-electron chi connectivity index (χ3n) is 5.22. The molecular formula is C18H27N7O3. The summed E-state index contributed by atoms with van der Waals surface area (Å²) in [4.78, 5) is 22.8. The highest BCUT2D eigenvalue weighted by Gasteiger charge is 2.27. The lowest BCUT2D eigenvalue weighted by Gasteiger charge is -2.14. The first-order valence-electron chi connectivity index (χ1n) is 9.59. The van der Waals surface area contributed by atoms with Gasteiger partial charge in [0, 0.05) is 37.0 Å². The second-order valence-corrected chi connectivity index (χ2v) is 7.62. The maximum atomic E-state index is 12.1. The van der Waals surface area contributed by atoms with E-state index in [1.165, 1.54) is 0 Å². The van der Waals surface area contributed by atoms with Crippen molar-refractivity contribution in [1.29, 1.82) is 0 Å². The normalized spacial score (nSPS) is 20.1. The van der Waals surface area contributed by atoms with Gasteiger partial charge in [0.2, 0.25) is 5.91 Å². The Morgan fingerprint density at radius 2 is 2.25 bits per heavy atom. The molecule has 0 radical (unpaired) electrons. The lowest BCUT2D eigenvalue weighted by atomic mass is 9.96. The molecule has 2 unspecified atom stereocenters. The molecule has 2 aromatic rings. The molecule has 3 atom stereocenters. The Balaban J connectivity index is 1.45. The van der Waals surface area contributed by atoms with Crippen LogP contribution in [0.5, 0.6) is 0 Å². The summed E-state index contributed by atoms with van der Waals surface area (Å²) in [5.41, 5.74) is 1.65. The van der Waals surface area contributed by atoms with Crippen LogP contribution in [0, 0.1) is 5.92 Å². The molecule has 0 saturated heterocycles. The zero-order chi connectivity index (χ0) is 20.1. The number of carbonyl (C=O) groups excluding carboxylic acids is 1. The van der Waals surface area contributed by atoms with Crippen molar-refractivity contribution < 1.29 is 14.7 Å². The molecule has 0 aliphatic heterocycles. The molecule has 3 rings (SSSR count). The number of aryl methyl sites for hydroxylation is 1. The predicted octanol–water partition coefficient (Wildman–Crippen LogP) is 2.04. The van der Waals surface area contributed by atoms with Crippen LogP contribution < -0.4 is 10.6 Å². The van der Waals surface area contributed by atoms with E-state index in [-0.39, 0.29) is 18.4 Å². The summed E-state index contributed by atoms with van der Waals surface area (Å²) in [6, 6.07) is 1.87. The maximum Gasteiger partial charge on any atom is 0.404 e. The number of carbonyl (C=O) groups is 2. The van der Waals surface area contributed by atoms with Crippen LogP contribution in [0.1, 0.15) is 56.3 Å². The molecule has 0 bridgehead atoms. The van der Waals surface area contributed by atoms with Crippen LogP contribution in [-0.4, -0.2) is 48.3 Å². The van der Waals surface area contributed by atoms with E-state index in [1.54, 1.807) is 17.9 Å². The van der Waals surface area contributed by atoms with Gasteiger partial charge < -0.3 is 15.7 Å². The molecule has 1 saturated carbocycles. The first-order chi connectivity index (χ1) is 13.4. The number of rotatable bonds is 8. The molecule has 2 amide bonds. The summed E-state index contributed by atoms with van der Waals surface area (Å²) in [6.07, 6.45) is 5.99. The minimum Gasteiger partial charge on any atom is -0.465 e. The number of anilines is 1. The van der Waals surface area contributed by atoms with Crippen LogP contribution in [0.4, 0.5) is 10.6 Å². The first-order valence-corrected chi connectivity index (χ1v) is 9.59. The fourth-order valence-corrected chi connectivity index (χ4v) is 3.83. The smallest absolute Gasteiger partial charge is 0.404 e. The minimum atomic E-state index is -0.969. The topological polar surface area (TPSA) is 138 Å². The third-order valence-corrected chi connectivity index (χ3v) is 5.22. The predicted molar refractivity (Wildman–Crippen MR) is 102 cm³/mol. The van der Waals surface area contributed by atoms with E-state index in [4.69, 9.17) is 5.11 Å². The number of hydrogen-bond acceptors (Lipinski definition) is 5. The van der Waals surface area contributed by atoms with Crippen LogP contribution in [0.25, 0.3) is 0 Å². The Morgan fingerprint density at radius 1 is 1.43 bits per heavy atom. The lowest BCUT2D eigenvalue weighted by Crippen LogP contribution is -2.31. The van der Waals surface area contributed by atoms with Gasteiger partial charge in [0.15, 0.2) is 5.82 Å². The molecule has 1 aliphatic carbocycles. The lowest BCUT2D eigenvalue weighted by molar-refractivity contribution is -0.115. The Kier molecular flexibility index (Phi) is 6.27. The monoisotopic (exact) mass is 389 g/mol. The number of H-pyrrole nitrogens is 1. The summed E-state index contributed by atoms with van der Waals surface area (Å²) < 4.78 is 1.56. The van der Waals surface area contributed by atoms with Gasteiger partial charge >= 0.3 is 6.09 Å². The van der Waals surface area contributed by atoms with Gasteiger partial charge in [0.25, 0.3) is 0 Å². The summed E-state index contributed by atoms with van der Waals surface area (Å²) in [5.74, 6) is 1.32. The van der Waals surface area contributed by atoms with Gasteiger partial charge in [-0.25, -0.2) is 4.79 Å². The largest absolute Gasteiger partial charge is 0.465 e. The van der Waals surface area contributed by atoms with Gasteiger partial charge in [-0.3, -0.25) is 14.6 Å². The molecule has 1 aliphatic rings. The molecule has 28 heavy (non-hydrogen) atoms. The van der Waals surface area contributed by atoms with E-state index in [2.05, 4.69) is 31.1 Å². The van der Waals surface area contributed by atoms with Gasteiger partial charge in [0.1, 0.15) is 0 Å². The van der Waals surface area contributed by atoms with Crippen molar-refractivity contribution in [1.82, 2.24) is 30.5 Å². The minimum absolute atomic E-state index is 0.0279. The molecule has 152 valence electrons. The van der Waals surface area contributed by atoms with Crippen molar-refractivity contribution in [2.45, 2.75) is 57.4 Å². The van der Waals surface area contributed by atoms with Crippen molar-refractivity contribution in [2.75, 3.05) is 5.32 Å². The standard InChI is InChI=1S/C18H27N7O3/c1-11(19-18(27)28)3-4-12-5-6-13(7-12)15-9-16(23-22-15)20-17(26)8-14-10-25(2)24-21-14/h9-13,19H,3-8H2,1-2H3,(H,27,28)(H2,20,22,23,26)/t11-,12?,13?/m0/s1. The number of carboxylic acid groups (broad SMARTS) is 1. The Hall–Kier alpha value is -2.91. The van der Waals surface area contributed by atoms with Crippen molar-refractivity contribution in [2.24, 2.45) is 13.0 Å². The van der Waals surface area contributed by atoms with Gasteiger partial charge in [-0.15, -0.1) is 5.10 Å². The number of hydrogen-bond donors (Lipinski definition) is 4. The Bertz CT molecular complexity index is 816. The number of nitrogens with zero attached hydrogens (tertiary/aromatic N) is 4. The SMILES string of the molecule is C[C@@H](CCC1CCC(c2cc(NC(=O)Cc3cn(C)nn3)n[nH]2)C1)NC(=O)O. The fraction of sp³-hybridized carbons (Fsp3) is 0.611. The zero-order valence-corrected chi connectivity index (χ0v) is 16.2. The van der Waals surface area contributed by atoms with Gasteiger partial charge in [-0.2, -0.15) is 5.10 Å². The average molecular weight is 389 g/mol. The number of nitrogens with one attached hydrogen (secondary N) is 3. The molecule has 4 N–H and O–H groups in total. The average Bonchev–Trinajstić information content (AvgIpc) is 3.33. The van der Waals surface area contributed by atoms with Crippen molar-refractivity contribution in [3.63, 3.8) is 0 Å². The maximum absolute atomic E-state index is 12.1. The van der Waals surface area contributed by atoms with Crippen molar-refractivity contribution in [3.8, 4) is 0 Å². The summed E-state index contributed by atoms with van der Waals surface area (Å²) in [6.45, 7) is 1.89. The van der Waals surface area contributed by atoms with E-state index >= 15 is 0 Å². The van der Waals surface area contributed by atoms with Crippen LogP contribution in [0.3, 0.4) is 0 Å². The van der Waals surface area contributed by atoms with E-state index in [1.807, 2.05) is 13.0 Å². The van der Waals surface area contributed by atoms with Gasteiger partial charge in [-0.05, 0) is 44.9 Å². The van der Waals surface area contributed by atoms with Gasteiger partial charge in [0.05, 0.1) is 12.1 Å².